The number of aryl methyl sites for hydroxylation is 2. The first-order valence-corrected chi connectivity index (χ1v) is 9.72. The van der Waals surface area contributed by atoms with Crippen molar-refractivity contribution in [1.82, 2.24) is 0 Å². The zero-order valence-corrected chi connectivity index (χ0v) is 15.6. The molecule has 0 amide bonds. The summed E-state index contributed by atoms with van der Waals surface area (Å²) in [6, 6.07) is 20.3. The largest absolute Gasteiger partial charge is 0.398 e. The molecule has 5 rings (SSSR count). The summed E-state index contributed by atoms with van der Waals surface area (Å²) >= 11 is 0. The van der Waals surface area contributed by atoms with Gasteiger partial charge >= 0.3 is 0 Å². The van der Waals surface area contributed by atoms with E-state index in [0.717, 1.165) is 5.69 Å². The Kier molecular flexibility index (Phi) is 3.31. The molecule has 0 saturated heterocycles. The van der Waals surface area contributed by atoms with E-state index in [1.165, 1.54) is 70.2 Å². The standard InChI is InChI=1S/C25H25N/c1-25(2)22-10-6-5-9-19(22)21-14-20(24(26)15-23(21)25)18-12-11-16-7-3-4-8-17(16)13-18/h5-6,9-15H,3-4,7-8,26H2,1-2H3. The first-order valence-electron chi connectivity index (χ1n) is 9.72. The predicted molar refractivity (Wildman–Crippen MR) is 110 cm³/mol. The van der Waals surface area contributed by atoms with Gasteiger partial charge in [-0.3, -0.25) is 0 Å². The zero-order chi connectivity index (χ0) is 17.9. The Morgan fingerprint density at radius 1 is 0.731 bits per heavy atom. The van der Waals surface area contributed by atoms with Crippen molar-refractivity contribution in [2.45, 2.75) is 44.9 Å². The molecule has 26 heavy (non-hydrogen) atoms. The fourth-order valence-electron chi connectivity index (χ4n) is 4.92. The number of nitrogens with two attached hydrogens (primary N) is 1. The number of hydrogen-bond donors (Lipinski definition) is 1. The molecule has 0 spiro atoms. The minimum atomic E-state index is 0.00836. The Balaban J connectivity index is 1.70. The first-order chi connectivity index (χ1) is 12.6. The van der Waals surface area contributed by atoms with Crippen LogP contribution < -0.4 is 5.73 Å². The maximum absolute atomic E-state index is 6.56. The minimum absolute atomic E-state index is 0.00836. The van der Waals surface area contributed by atoms with Gasteiger partial charge in [-0.15, -0.1) is 0 Å². The molecule has 130 valence electrons. The Morgan fingerprint density at radius 3 is 2.35 bits per heavy atom. The Morgan fingerprint density at radius 2 is 1.50 bits per heavy atom. The molecule has 2 aliphatic rings. The lowest BCUT2D eigenvalue weighted by Crippen LogP contribution is -2.15. The van der Waals surface area contributed by atoms with Crippen LogP contribution in [0.4, 0.5) is 5.69 Å². The summed E-state index contributed by atoms with van der Waals surface area (Å²) < 4.78 is 0. The number of benzene rings is 3. The molecule has 2 aliphatic carbocycles. The molecule has 1 nitrogen and oxygen atoms in total. The minimum Gasteiger partial charge on any atom is -0.398 e. The van der Waals surface area contributed by atoms with Crippen molar-refractivity contribution < 1.29 is 0 Å². The Bertz CT molecular complexity index is 1030. The molecule has 1 heteroatoms. The van der Waals surface area contributed by atoms with E-state index < -0.39 is 0 Å². The van der Waals surface area contributed by atoms with Crippen molar-refractivity contribution in [3.05, 3.63) is 76.9 Å². The van der Waals surface area contributed by atoms with Gasteiger partial charge in [0.15, 0.2) is 0 Å². The van der Waals surface area contributed by atoms with Crippen molar-refractivity contribution in [2.75, 3.05) is 5.73 Å². The number of nitrogen functional groups attached to an aromatic ring is 1. The van der Waals surface area contributed by atoms with Crippen LogP contribution in [0.2, 0.25) is 0 Å². The Hall–Kier alpha value is -2.54. The second kappa shape index (κ2) is 5.48. The molecule has 0 aromatic heterocycles. The van der Waals surface area contributed by atoms with Crippen LogP contribution in [0.3, 0.4) is 0 Å². The van der Waals surface area contributed by atoms with Crippen LogP contribution in [-0.2, 0) is 18.3 Å². The van der Waals surface area contributed by atoms with Crippen molar-refractivity contribution >= 4 is 5.69 Å². The van der Waals surface area contributed by atoms with Gasteiger partial charge in [-0.05, 0) is 76.8 Å². The summed E-state index contributed by atoms with van der Waals surface area (Å²) in [5.74, 6) is 0. The number of hydrogen-bond acceptors (Lipinski definition) is 1. The van der Waals surface area contributed by atoms with Crippen LogP contribution in [0.25, 0.3) is 22.3 Å². The van der Waals surface area contributed by atoms with Gasteiger partial charge in [-0.2, -0.15) is 0 Å². The van der Waals surface area contributed by atoms with E-state index in [2.05, 4.69) is 68.4 Å². The molecule has 0 atom stereocenters. The van der Waals surface area contributed by atoms with Gasteiger partial charge in [0.25, 0.3) is 0 Å². The Labute approximate surface area is 155 Å². The average Bonchev–Trinajstić information content (AvgIpc) is 2.88. The third-order valence-electron chi connectivity index (χ3n) is 6.41. The molecule has 0 fully saturated rings. The van der Waals surface area contributed by atoms with Crippen LogP contribution in [-0.4, -0.2) is 0 Å². The molecule has 3 aromatic rings. The molecule has 0 heterocycles. The van der Waals surface area contributed by atoms with Gasteiger partial charge in [0, 0.05) is 16.7 Å². The van der Waals surface area contributed by atoms with Crippen LogP contribution in [0.15, 0.2) is 54.6 Å². The lowest BCUT2D eigenvalue weighted by atomic mass is 9.81. The molecular formula is C25H25N. The van der Waals surface area contributed by atoms with Crippen molar-refractivity contribution in [3.8, 4) is 22.3 Å². The van der Waals surface area contributed by atoms with Crippen molar-refractivity contribution in [3.63, 3.8) is 0 Å². The topological polar surface area (TPSA) is 26.0 Å². The van der Waals surface area contributed by atoms with E-state index in [4.69, 9.17) is 5.73 Å². The fourth-order valence-corrected chi connectivity index (χ4v) is 4.92. The van der Waals surface area contributed by atoms with Crippen LogP contribution in [0, 0.1) is 0 Å². The molecule has 0 bridgehead atoms. The SMILES string of the molecule is CC1(C)c2ccccc2-c2cc(-c3ccc4c(c3)CCCC4)c(N)cc21. The maximum atomic E-state index is 6.56. The summed E-state index contributed by atoms with van der Waals surface area (Å²) in [5.41, 5.74) is 18.4. The van der Waals surface area contributed by atoms with Crippen LogP contribution in [0.1, 0.15) is 48.9 Å². The summed E-state index contributed by atoms with van der Waals surface area (Å²) in [7, 11) is 0. The monoisotopic (exact) mass is 339 g/mol. The first kappa shape index (κ1) is 15.7. The summed E-state index contributed by atoms with van der Waals surface area (Å²) in [5, 5.41) is 0. The third kappa shape index (κ3) is 2.16. The molecular weight excluding hydrogens is 314 g/mol. The molecule has 2 N–H and O–H groups in total. The molecule has 3 aromatic carbocycles. The predicted octanol–water partition coefficient (Wildman–Crippen LogP) is 6.12. The van der Waals surface area contributed by atoms with Gasteiger partial charge in [0.05, 0.1) is 0 Å². The lowest BCUT2D eigenvalue weighted by molar-refractivity contribution is 0.661. The smallest absolute Gasteiger partial charge is 0.0397 e. The van der Waals surface area contributed by atoms with E-state index in [0.29, 0.717) is 0 Å². The van der Waals surface area contributed by atoms with Crippen molar-refractivity contribution in [2.24, 2.45) is 0 Å². The van der Waals surface area contributed by atoms with Gasteiger partial charge in [-0.25, -0.2) is 0 Å². The van der Waals surface area contributed by atoms with Gasteiger partial charge in [0.2, 0.25) is 0 Å². The maximum Gasteiger partial charge on any atom is 0.0397 e. The number of rotatable bonds is 1. The zero-order valence-electron chi connectivity index (χ0n) is 15.6. The average molecular weight is 339 g/mol. The van der Waals surface area contributed by atoms with E-state index in [-0.39, 0.29) is 5.41 Å². The molecule has 0 radical (unpaired) electrons. The van der Waals surface area contributed by atoms with Gasteiger partial charge < -0.3 is 5.73 Å². The summed E-state index contributed by atoms with van der Waals surface area (Å²) in [6.07, 6.45) is 5.04. The lowest BCUT2D eigenvalue weighted by Gasteiger charge is -2.22. The van der Waals surface area contributed by atoms with Crippen LogP contribution in [0.5, 0.6) is 0 Å². The fraction of sp³-hybridized carbons (Fsp3) is 0.280. The van der Waals surface area contributed by atoms with E-state index in [1.54, 1.807) is 0 Å². The third-order valence-corrected chi connectivity index (χ3v) is 6.41. The molecule has 0 saturated carbocycles. The second-order valence-electron chi connectivity index (χ2n) is 8.35. The van der Waals surface area contributed by atoms with Gasteiger partial charge in [-0.1, -0.05) is 56.3 Å². The second-order valence-corrected chi connectivity index (χ2v) is 8.35. The van der Waals surface area contributed by atoms with E-state index >= 15 is 0 Å². The highest BCUT2D eigenvalue weighted by molar-refractivity contribution is 5.89. The highest BCUT2D eigenvalue weighted by Gasteiger charge is 2.35. The molecule has 0 unspecified atom stereocenters. The summed E-state index contributed by atoms with van der Waals surface area (Å²) in [4.78, 5) is 0. The molecule has 0 aliphatic heterocycles. The number of fused-ring (bicyclic) bond motifs is 4. The van der Waals surface area contributed by atoms with Crippen LogP contribution >= 0.6 is 0 Å². The number of anilines is 1. The van der Waals surface area contributed by atoms with E-state index in [9.17, 15) is 0 Å². The van der Waals surface area contributed by atoms with Gasteiger partial charge in [0.1, 0.15) is 0 Å². The quantitative estimate of drug-likeness (QED) is 0.531. The highest BCUT2D eigenvalue weighted by Crippen LogP contribution is 2.50. The normalized spacial score (nSPS) is 16.7. The summed E-state index contributed by atoms with van der Waals surface area (Å²) in [6.45, 7) is 4.60. The highest BCUT2D eigenvalue weighted by atomic mass is 14.6. The van der Waals surface area contributed by atoms with E-state index in [1.807, 2.05) is 0 Å². The van der Waals surface area contributed by atoms with Crippen molar-refractivity contribution in [1.29, 1.82) is 0 Å².